The van der Waals surface area contributed by atoms with Gasteiger partial charge in [-0.05, 0) is 62.9 Å². The van der Waals surface area contributed by atoms with Crippen molar-refractivity contribution in [3.8, 4) is 0 Å². The number of hydrogen-bond donors (Lipinski definition) is 3. The maximum absolute atomic E-state index is 12.4. The van der Waals surface area contributed by atoms with Gasteiger partial charge >= 0.3 is 0 Å². The molecule has 2 heterocycles. The summed E-state index contributed by atoms with van der Waals surface area (Å²) in [5.41, 5.74) is 2.97. The molecule has 1 fully saturated rings. The molecule has 0 radical (unpaired) electrons. The predicted molar refractivity (Wildman–Crippen MR) is 132 cm³/mol. The summed E-state index contributed by atoms with van der Waals surface area (Å²) in [5.74, 6) is 2.38. The third kappa shape index (κ3) is 9.01. The van der Waals surface area contributed by atoms with E-state index in [1.165, 1.54) is 12.0 Å². The second-order valence-corrected chi connectivity index (χ2v) is 7.86. The molecule has 172 valence electrons. The SMILES string of the molecule is CCCCc1nc(C)cc(NCCNC(=O)c2ccc(CC3CCNC3)cc2)n1.Cl.Cl. The number of aryl methyl sites for hydroxylation is 2. The van der Waals surface area contributed by atoms with E-state index in [-0.39, 0.29) is 30.7 Å². The quantitative estimate of drug-likeness (QED) is 0.460. The molecular formula is C23H35Cl2N5O. The fraction of sp³-hybridized carbons (Fsp3) is 0.522. The molecule has 1 aromatic heterocycles. The molecule has 1 aromatic carbocycles. The lowest BCUT2D eigenvalue weighted by Crippen LogP contribution is -2.29. The fourth-order valence-electron chi connectivity index (χ4n) is 3.65. The highest BCUT2D eigenvalue weighted by Crippen LogP contribution is 2.15. The highest BCUT2D eigenvalue weighted by atomic mass is 35.5. The first kappa shape index (κ1) is 27.1. The smallest absolute Gasteiger partial charge is 0.251 e. The van der Waals surface area contributed by atoms with Crippen LogP contribution in [0.25, 0.3) is 0 Å². The molecular weight excluding hydrogens is 433 g/mol. The minimum absolute atomic E-state index is 0. The summed E-state index contributed by atoms with van der Waals surface area (Å²) in [6.07, 6.45) is 5.44. The Hall–Kier alpha value is -1.89. The van der Waals surface area contributed by atoms with Crippen LogP contribution in [0.2, 0.25) is 0 Å². The van der Waals surface area contributed by atoms with Gasteiger partial charge in [-0.25, -0.2) is 9.97 Å². The van der Waals surface area contributed by atoms with E-state index >= 15 is 0 Å². The van der Waals surface area contributed by atoms with E-state index in [9.17, 15) is 4.79 Å². The van der Waals surface area contributed by atoms with Gasteiger partial charge in [0.1, 0.15) is 11.6 Å². The lowest BCUT2D eigenvalue weighted by Gasteiger charge is -2.11. The van der Waals surface area contributed by atoms with Crippen LogP contribution in [0.5, 0.6) is 0 Å². The predicted octanol–water partition coefficient (Wildman–Crippen LogP) is 3.97. The van der Waals surface area contributed by atoms with Crippen LogP contribution in [0.3, 0.4) is 0 Å². The van der Waals surface area contributed by atoms with Gasteiger partial charge in [0.15, 0.2) is 0 Å². The summed E-state index contributed by atoms with van der Waals surface area (Å²) >= 11 is 0. The summed E-state index contributed by atoms with van der Waals surface area (Å²) in [7, 11) is 0. The largest absolute Gasteiger partial charge is 0.368 e. The molecule has 0 aliphatic carbocycles. The third-order valence-electron chi connectivity index (χ3n) is 5.27. The van der Waals surface area contributed by atoms with E-state index in [1.807, 2.05) is 25.1 Å². The van der Waals surface area contributed by atoms with Gasteiger partial charge in [0.25, 0.3) is 5.91 Å². The zero-order valence-electron chi connectivity index (χ0n) is 18.4. The Balaban J connectivity index is 0.00000240. The van der Waals surface area contributed by atoms with Crippen molar-refractivity contribution in [2.75, 3.05) is 31.5 Å². The Morgan fingerprint density at radius 2 is 1.94 bits per heavy atom. The molecule has 1 saturated heterocycles. The van der Waals surface area contributed by atoms with E-state index in [2.05, 4.69) is 45.0 Å². The Kier molecular flexibility index (Phi) is 12.5. The molecule has 8 heteroatoms. The molecule has 0 spiro atoms. The van der Waals surface area contributed by atoms with E-state index < -0.39 is 0 Å². The van der Waals surface area contributed by atoms with Crippen molar-refractivity contribution in [2.24, 2.45) is 5.92 Å². The first-order valence-electron chi connectivity index (χ1n) is 10.8. The van der Waals surface area contributed by atoms with E-state index in [0.29, 0.717) is 24.6 Å². The molecule has 1 amide bonds. The van der Waals surface area contributed by atoms with Crippen molar-refractivity contribution in [3.63, 3.8) is 0 Å². The van der Waals surface area contributed by atoms with Gasteiger partial charge in [0.2, 0.25) is 0 Å². The molecule has 3 N–H and O–H groups in total. The van der Waals surface area contributed by atoms with Gasteiger partial charge in [0, 0.05) is 36.8 Å². The Morgan fingerprint density at radius 3 is 2.61 bits per heavy atom. The molecule has 1 aliphatic heterocycles. The topological polar surface area (TPSA) is 78.9 Å². The minimum atomic E-state index is -0.0385. The van der Waals surface area contributed by atoms with E-state index in [4.69, 9.17) is 0 Å². The van der Waals surface area contributed by atoms with E-state index in [1.54, 1.807) is 0 Å². The number of rotatable bonds is 10. The third-order valence-corrected chi connectivity index (χ3v) is 5.27. The van der Waals surface area contributed by atoms with Gasteiger partial charge in [-0.3, -0.25) is 4.79 Å². The van der Waals surface area contributed by atoms with Gasteiger partial charge in [-0.1, -0.05) is 25.5 Å². The Morgan fingerprint density at radius 1 is 1.16 bits per heavy atom. The van der Waals surface area contributed by atoms with Crippen LogP contribution in [-0.4, -0.2) is 42.1 Å². The number of carbonyl (C=O) groups is 1. The number of anilines is 1. The zero-order valence-corrected chi connectivity index (χ0v) is 20.1. The first-order chi connectivity index (χ1) is 14.1. The minimum Gasteiger partial charge on any atom is -0.368 e. The Labute approximate surface area is 198 Å². The second kappa shape index (κ2) is 14.2. The van der Waals surface area contributed by atoms with Crippen LogP contribution in [0, 0.1) is 12.8 Å². The van der Waals surface area contributed by atoms with Crippen LogP contribution in [-0.2, 0) is 12.8 Å². The van der Waals surface area contributed by atoms with Gasteiger partial charge in [-0.15, -0.1) is 24.8 Å². The number of hydrogen-bond acceptors (Lipinski definition) is 5. The molecule has 0 saturated carbocycles. The molecule has 6 nitrogen and oxygen atoms in total. The van der Waals surface area contributed by atoms with Gasteiger partial charge < -0.3 is 16.0 Å². The second-order valence-electron chi connectivity index (χ2n) is 7.86. The summed E-state index contributed by atoms with van der Waals surface area (Å²) in [6.45, 7) is 7.54. The number of nitrogens with zero attached hydrogens (tertiary/aromatic N) is 2. The van der Waals surface area contributed by atoms with Gasteiger partial charge in [0.05, 0.1) is 0 Å². The molecule has 0 bridgehead atoms. The van der Waals surface area contributed by atoms with Crippen LogP contribution >= 0.6 is 24.8 Å². The number of nitrogens with one attached hydrogen (secondary N) is 3. The van der Waals surface area contributed by atoms with Crippen molar-refractivity contribution < 1.29 is 4.79 Å². The van der Waals surface area contributed by atoms with Gasteiger partial charge in [-0.2, -0.15) is 0 Å². The molecule has 31 heavy (non-hydrogen) atoms. The van der Waals surface area contributed by atoms with Crippen molar-refractivity contribution >= 4 is 36.5 Å². The average Bonchev–Trinajstić information content (AvgIpc) is 3.23. The molecule has 1 aliphatic rings. The summed E-state index contributed by atoms with van der Waals surface area (Å²) < 4.78 is 0. The molecule has 1 atom stereocenters. The number of carbonyl (C=O) groups excluding carboxylic acids is 1. The zero-order chi connectivity index (χ0) is 20.5. The van der Waals surface area contributed by atoms with Crippen LogP contribution in [0.15, 0.2) is 30.3 Å². The number of halogens is 2. The number of benzene rings is 1. The van der Waals surface area contributed by atoms with Crippen molar-refractivity contribution in [3.05, 3.63) is 53.0 Å². The number of unbranched alkanes of at least 4 members (excludes halogenated alkanes) is 1. The summed E-state index contributed by atoms with van der Waals surface area (Å²) in [5, 5.41) is 9.66. The Bertz CT molecular complexity index is 795. The monoisotopic (exact) mass is 467 g/mol. The van der Waals surface area contributed by atoms with Crippen LogP contribution in [0.1, 0.15) is 53.6 Å². The van der Waals surface area contributed by atoms with Crippen molar-refractivity contribution in [2.45, 2.75) is 46.0 Å². The average molecular weight is 468 g/mol. The van der Waals surface area contributed by atoms with Crippen LogP contribution < -0.4 is 16.0 Å². The molecule has 2 aromatic rings. The normalized spacial score (nSPS) is 15.0. The summed E-state index contributed by atoms with van der Waals surface area (Å²) in [4.78, 5) is 21.4. The highest BCUT2D eigenvalue weighted by Gasteiger charge is 2.15. The van der Waals surface area contributed by atoms with Crippen molar-refractivity contribution in [1.29, 1.82) is 0 Å². The maximum Gasteiger partial charge on any atom is 0.251 e. The number of amides is 1. The standard InChI is InChI=1S/C23H33N5O.2ClH/c1-3-4-5-21-27-17(2)14-22(28-21)25-12-13-26-23(29)20-8-6-18(7-9-20)15-19-10-11-24-16-19;;/h6-9,14,19,24H,3-5,10-13,15-16H2,1-2H3,(H,26,29)(H,25,27,28);2*1H. The molecule has 3 rings (SSSR count). The van der Waals surface area contributed by atoms with Crippen LogP contribution in [0.4, 0.5) is 5.82 Å². The molecule has 1 unspecified atom stereocenters. The van der Waals surface area contributed by atoms with Crippen molar-refractivity contribution in [1.82, 2.24) is 20.6 Å². The maximum atomic E-state index is 12.4. The number of aromatic nitrogens is 2. The lowest BCUT2D eigenvalue weighted by molar-refractivity contribution is 0.0955. The lowest BCUT2D eigenvalue weighted by atomic mass is 9.98. The first-order valence-corrected chi connectivity index (χ1v) is 10.8. The van der Waals surface area contributed by atoms with E-state index in [0.717, 1.165) is 56.1 Å². The highest BCUT2D eigenvalue weighted by molar-refractivity contribution is 5.94. The summed E-state index contributed by atoms with van der Waals surface area (Å²) in [6, 6.07) is 9.94. The fourth-order valence-corrected chi connectivity index (χ4v) is 3.65.